The molecule has 1 amide bonds. The number of rotatable bonds is 6. The molecule has 3 N–H and O–H groups in total. The fourth-order valence-corrected chi connectivity index (χ4v) is 2.66. The molecule has 0 aliphatic carbocycles. The van der Waals surface area contributed by atoms with Gasteiger partial charge in [0.05, 0.1) is 24.4 Å². The van der Waals surface area contributed by atoms with Crippen molar-refractivity contribution >= 4 is 17.4 Å². The van der Waals surface area contributed by atoms with Gasteiger partial charge in [0, 0.05) is 13.1 Å². The zero-order valence-corrected chi connectivity index (χ0v) is 15.7. The van der Waals surface area contributed by atoms with Gasteiger partial charge in [-0.15, -0.1) is 0 Å². The maximum absolute atomic E-state index is 13.8. The molecular weight excluding hydrogens is 339 g/mol. The molecule has 2 rings (SSSR count). The fourth-order valence-electron chi connectivity index (χ4n) is 2.66. The number of ether oxygens (including phenoxy) is 1. The summed E-state index contributed by atoms with van der Waals surface area (Å²) in [4.78, 5) is 19.4. The van der Waals surface area contributed by atoms with E-state index in [0.29, 0.717) is 13.2 Å². The second kappa shape index (κ2) is 8.46. The third-order valence-electron chi connectivity index (χ3n) is 3.97. The molecule has 8 heteroatoms. The molecular formula is C18H27FN4O3. The second-order valence-corrected chi connectivity index (χ2v) is 7.12. The standard InChI is InChI=1S/C18H27FN4O3/c1-12-5-6-15(14(19)9-12)21-17(24)13(2)26-22-16(20)10-23-7-8-25-18(3,4)11-23/h5-6,9,13H,7-8,10-11H2,1-4H3,(H2,20,22)(H,21,24). The number of nitrogens with one attached hydrogen (secondary N) is 1. The summed E-state index contributed by atoms with van der Waals surface area (Å²) in [5, 5.41) is 6.30. The molecule has 1 aliphatic rings. The van der Waals surface area contributed by atoms with E-state index in [4.69, 9.17) is 15.3 Å². The Kier molecular flexibility index (Phi) is 6.55. The lowest BCUT2D eigenvalue weighted by Crippen LogP contribution is -2.50. The minimum Gasteiger partial charge on any atom is -0.383 e. The summed E-state index contributed by atoms with van der Waals surface area (Å²) in [5.74, 6) is -0.732. The number of nitrogens with zero attached hydrogens (tertiary/aromatic N) is 2. The molecule has 1 aliphatic heterocycles. The van der Waals surface area contributed by atoms with Gasteiger partial charge in [-0.1, -0.05) is 11.2 Å². The van der Waals surface area contributed by atoms with Gasteiger partial charge >= 0.3 is 0 Å². The summed E-state index contributed by atoms with van der Waals surface area (Å²) < 4.78 is 19.4. The summed E-state index contributed by atoms with van der Waals surface area (Å²) in [6.07, 6.45) is -0.907. The normalized spacial score (nSPS) is 19.0. The number of morpholine rings is 1. The van der Waals surface area contributed by atoms with Crippen LogP contribution in [0.1, 0.15) is 26.3 Å². The molecule has 1 aromatic rings. The smallest absolute Gasteiger partial charge is 0.268 e. The minimum absolute atomic E-state index is 0.101. The lowest BCUT2D eigenvalue weighted by Gasteiger charge is -2.37. The summed E-state index contributed by atoms with van der Waals surface area (Å²) in [7, 11) is 0. The largest absolute Gasteiger partial charge is 0.383 e. The van der Waals surface area contributed by atoms with Crippen LogP contribution in [0.2, 0.25) is 0 Å². The fraction of sp³-hybridized carbons (Fsp3) is 0.556. The molecule has 0 bridgehead atoms. The van der Waals surface area contributed by atoms with Crippen molar-refractivity contribution in [2.45, 2.75) is 39.4 Å². The van der Waals surface area contributed by atoms with E-state index < -0.39 is 17.8 Å². The highest BCUT2D eigenvalue weighted by Crippen LogP contribution is 2.17. The zero-order chi connectivity index (χ0) is 19.3. The quantitative estimate of drug-likeness (QED) is 0.456. The molecule has 1 fully saturated rings. The molecule has 0 saturated carbocycles. The van der Waals surface area contributed by atoms with E-state index in [-0.39, 0.29) is 17.1 Å². The first-order valence-corrected chi connectivity index (χ1v) is 8.58. The maximum atomic E-state index is 13.8. The van der Waals surface area contributed by atoms with Gasteiger partial charge < -0.3 is 20.6 Å². The van der Waals surface area contributed by atoms with E-state index in [0.717, 1.165) is 18.7 Å². The number of carbonyl (C=O) groups is 1. The molecule has 0 aromatic heterocycles. The van der Waals surface area contributed by atoms with Crippen LogP contribution in [-0.2, 0) is 14.4 Å². The van der Waals surface area contributed by atoms with Crippen LogP contribution < -0.4 is 11.1 Å². The Morgan fingerprint density at radius 1 is 1.54 bits per heavy atom. The van der Waals surface area contributed by atoms with Crippen molar-refractivity contribution in [3.8, 4) is 0 Å². The van der Waals surface area contributed by atoms with E-state index in [1.54, 1.807) is 13.0 Å². The van der Waals surface area contributed by atoms with E-state index in [1.165, 1.54) is 19.1 Å². The van der Waals surface area contributed by atoms with Crippen molar-refractivity contribution in [1.82, 2.24) is 4.90 Å². The number of oxime groups is 1. The average molecular weight is 366 g/mol. The SMILES string of the molecule is Cc1ccc(NC(=O)C(C)O/N=C(/N)CN2CCOC(C)(C)C2)c(F)c1. The van der Waals surface area contributed by atoms with E-state index in [9.17, 15) is 9.18 Å². The van der Waals surface area contributed by atoms with Crippen LogP contribution in [-0.4, -0.2) is 54.6 Å². The number of amides is 1. The Bertz CT molecular complexity index is 678. The number of nitrogens with two attached hydrogens (primary N) is 1. The highest BCUT2D eigenvalue weighted by Gasteiger charge is 2.27. The topological polar surface area (TPSA) is 89.2 Å². The highest BCUT2D eigenvalue weighted by atomic mass is 19.1. The van der Waals surface area contributed by atoms with Crippen LogP contribution in [0, 0.1) is 12.7 Å². The molecule has 1 unspecified atom stereocenters. The van der Waals surface area contributed by atoms with E-state index in [2.05, 4.69) is 15.4 Å². The Hall–Kier alpha value is -2.19. The molecule has 1 aromatic carbocycles. The van der Waals surface area contributed by atoms with Gasteiger partial charge in [0.15, 0.2) is 5.84 Å². The van der Waals surface area contributed by atoms with Gasteiger partial charge in [0.2, 0.25) is 6.10 Å². The van der Waals surface area contributed by atoms with Crippen molar-refractivity contribution in [2.75, 3.05) is 31.6 Å². The van der Waals surface area contributed by atoms with Crippen molar-refractivity contribution in [2.24, 2.45) is 10.9 Å². The number of anilines is 1. The number of hydrogen-bond donors (Lipinski definition) is 2. The van der Waals surface area contributed by atoms with Crippen molar-refractivity contribution < 1.29 is 18.8 Å². The van der Waals surface area contributed by atoms with Crippen LogP contribution >= 0.6 is 0 Å². The number of halogens is 1. The van der Waals surface area contributed by atoms with Crippen molar-refractivity contribution in [1.29, 1.82) is 0 Å². The van der Waals surface area contributed by atoms with Gasteiger partial charge in [0.1, 0.15) is 5.82 Å². The summed E-state index contributed by atoms with van der Waals surface area (Å²) in [5.41, 5.74) is 6.53. The molecule has 0 spiro atoms. The number of aryl methyl sites for hydroxylation is 1. The number of amidine groups is 1. The van der Waals surface area contributed by atoms with Crippen LogP contribution in [0.4, 0.5) is 10.1 Å². The first kappa shape index (κ1) is 20.1. The predicted molar refractivity (Wildman–Crippen MR) is 98.4 cm³/mol. The number of hydrogen-bond acceptors (Lipinski definition) is 5. The number of carbonyl (C=O) groups excluding carboxylic acids is 1. The maximum Gasteiger partial charge on any atom is 0.268 e. The zero-order valence-electron chi connectivity index (χ0n) is 15.7. The van der Waals surface area contributed by atoms with Crippen molar-refractivity contribution in [3.05, 3.63) is 29.6 Å². The molecule has 144 valence electrons. The van der Waals surface area contributed by atoms with Crippen LogP contribution in [0.15, 0.2) is 23.4 Å². The second-order valence-electron chi connectivity index (χ2n) is 7.12. The van der Waals surface area contributed by atoms with Crippen LogP contribution in [0.3, 0.4) is 0 Å². The lowest BCUT2D eigenvalue weighted by molar-refractivity contribution is -0.126. The van der Waals surface area contributed by atoms with Crippen molar-refractivity contribution in [3.63, 3.8) is 0 Å². The van der Waals surface area contributed by atoms with E-state index >= 15 is 0 Å². The van der Waals surface area contributed by atoms with Crippen LogP contribution in [0.25, 0.3) is 0 Å². The summed E-state index contributed by atoms with van der Waals surface area (Å²) in [6, 6.07) is 4.57. The molecule has 7 nitrogen and oxygen atoms in total. The monoisotopic (exact) mass is 366 g/mol. The molecule has 1 atom stereocenters. The van der Waals surface area contributed by atoms with Crippen LogP contribution in [0.5, 0.6) is 0 Å². The third-order valence-corrected chi connectivity index (χ3v) is 3.97. The molecule has 1 saturated heterocycles. The first-order chi connectivity index (χ1) is 12.2. The first-order valence-electron chi connectivity index (χ1n) is 8.58. The molecule has 1 heterocycles. The minimum atomic E-state index is -0.907. The van der Waals surface area contributed by atoms with Gasteiger partial charge in [-0.3, -0.25) is 9.69 Å². The Labute approximate surface area is 153 Å². The number of benzene rings is 1. The van der Waals surface area contributed by atoms with Gasteiger partial charge in [0.25, 0.3) is 5.91 Å². The Morgan fingerprint density at radius 2 is 2.27 bits per heavy atom. The summed E-state index contributed by atoms with van der Waals surface area (Å²) >= 11 is 0. The van der Waals surface area contributed by atoms with Gasteiger partial charge in [-0.05, 0) is 45.4 Å². The summed E-state index contributed by atoms with van der Waals surface area (Å²) in [6.45, 7) is 9.85. The lowest BCUT2D eigenvalue weighted by atomic mass is 10.1. The molecule has 26 heavy (non-hydrogen) atoms. The third kappa shape index (κ3) is 5.96. The Morgan fingerprint density at radius 3 is 2.92 bits per heavy atom. The predicted octanol–water partition coefficient (Wildman–Crippen LogP) is 1.86. The van der Waals surface area contributed by atoms with E-state index in [1.807, 2.05) is 13.8 Å². The highest BCUT2D eigenvalue weighted by molar-refractivity contribution is 5.94. The average Bonchev–Trinajstić information content (AvgIpc) is 2.54. The van der Waals surface area contributed by atoms with Gasteiger partial charge in [-0.25, -0.2) is 4.39 Å². The molecule has 0 radical (unpaired) electrons. The Balaban J connectivity index is 1.85. The van der Waals surface area contributed by atoms with Gasteiger partial charge in [-0.2, -0.15) is 0 Å².